The highest BCUT2D eigenvalue weighted by atomic mass is 35.5. The Hall–Kier alpha value is -2.25. The summed E-state index contributed by atoms with van der Waals surface area (Å²) in [6, 6.07) is 6.70. The zero-order valence-electron chi connectivity index (χ0n) is 19.2. The number of nitrogens with zero attached hydrogens (tertiary/aromatic N) is 3. The number of carbonyl (C=O) groups is 2. The molecule has 3 heterocycles. The van der Waals surface area contributed by atoms with E-state index < -0.39 is 6.04 Å². The molecule has 1 fully saturated rings. The number of benzene rings is 1. The van der Waals surface area contributed by atoms with Crippen LogP contribution >= 0.6 is 22.9 Å². The molecular formula is C25H28ClN3O3S. The smallest absolute Gasteiger partial charge is 0.296 e. The second-order valence-electron chi connectivity index (χ2n) is 10.0. The van der Waals surface area contributed by atoms with Gasteiger partial charge in [-0.2, -0.15) is 0 Å². The normalized spacial score (nSPS) is 29.4. The van der Waals surface area contributed by atoms with Gasteiger partial charge in [0.1, 0.15) is 11.1 Å². The number of ketones is 1. The first-order valence-electron chi connectivity index (χ1n) is 11.6. The van der Waals surface area contributed by atoms with Crippen molar-refractivity contribution in [3.05, 3.63) is 51.2 Å². The predicted molar refractivity (Wildman–Crippen MR) is 128 cm³/mol. The number of amides is 1. The van der Waals surface area contributed by atoms with Gasteiger partial charge in [-0.15, -0.1) is 10.2 Å². The average Bonchev–Trinajstić information content (AvgIpc) is 3.32. The van der Waals surface area contributed by atoms with Crippen LogP contribution in [0.1, 0.15) is 57.1 Å². The number of halogens is 1. The Morgan fingerprint density at radius 2 is 1.82 bits per heavy atom. The van der Waals surface area contributed by atoms with E-state index in [9.17, 15) is 9.59 Å². The molecule has 1 amide bonds. The van der Waals surface area contributed by atoms with Gasteiger partial charge in [-0.1, -0.05) is 62.8 Å². The van der Waals surface area contributed by atoms with Gasteiger partial charge >= 0.3 is 0 Å². The Bertz CT molecular complexity index is 1130. The monoisotopic (exact) mass is 485 g/mol. The van der Waals surface area contributed by atoms with Crippen LogP contribution < -0.4 is 4.90 Å². The molecule has 6 nitrogen and oxygen atoms in total. The minimum absolute atomic E-state index is 0.0303. The third-order valence-electron chi connectivity index (χ3n) is 7.14. The summed E-state index contributed by atoms with van der Waals surface area (Å²) in [5, 5.41) is 10.6. The van der Waals surface area contributed by atoms with Crippen LogP contribution in [0.3, 0.4) is 0 Å². The molecule has 0 spiro atoms. The molecule has 8 heteroatoms. The molecule has 1 aromatic carbocycles. The Morgan fingerprint density at radius 1 is 1.12 bits per heavy atom. The quantitative estimate of drug-likeness (QED) is 0.581. The zero-order valence-corrected chi connectivity index (χ0v) is 20.8. The molecule has 3 aliphatic rings. The molecule has 0 bridgehead atoms. The number of Topliss-reactive ketones (excluding diaryl/α,β-unsaturated/α-hetero) is 1. The zero-order chi connectivity index (χ0) is 23.4. The largest absolute Gasteiger partial charge is 0.483 e. The lowest BCUT2D eigenvalue weighted by Gasteiger charge is -2.40. The molecule has 2 aromatic rings. The van der Waals surface area contributed by atoms with E-state index in [1.807, 2.05) is 12.1 Å². The van der Waals surface area contributed by atoms with Crippen molar-refractivity contribution in [2.45, 2.75) is 59.1 Å². The van der Waals surface area contributed by atoms with E-state index in [0.717, 1.165) is 29.8 Å². The highest BCUT2D eigenvalue weighted by Crippen LogP contribution is 2.50. The highest BCUT2D eigenvalue weighted by molar-refractivity contribution is 7.15. The maximum Gasteiger partial charge on any atom is 0.296 e. The van der Waals surface area contributed by atoms with Gasteiger partial charge in [-0.25, -0.2) is 0 Å². The number of fused-ring (bicyclic) bond motifs is 1. The van der Waals surface area contributed by atoms with Gasteiger partial charge in [-0.05, 0) is 48.3 Å². The van der Waals surface area contributed by atoms with Gasteiger partial charge in [0.05, 0.1) is 17.5 Å². The topological polar surface area (TPSA) is 72.4 Å². The van der Waals surface area contributed by atoms with E-state index in [-0.39, 0.29) is 29.5 Å². The summed E-state index contributed by atoms with van der Waals surface area (Å²) < 4.78 is 6.31. The van der Waals surface area contributed by atoms with E-state index >= 15 is 0 Å². The second kappa shape index (κ2) is 8.51. The Balaban J connectivity index is 1.59. The molecule has 0 radical (unpaired) electrons. The molecule has 0 saturated heterocycles. The fraction of sp³-hybridized carbons (Fsp3) is 0.520. The van der Waals surface area contributed by atoms with Crippen LogP contribution in [0.2, 0.25) is 5.02 Å². The van der Waals surface area contributed by atoms with Gasteiger partial charge < -0.3 is 4.74 Å². The standard InChI is InChI=1S/C25H28ClN3O3S/c1-12(2)9-19-27-28-25(33-19)29-21(15-5-7-16(26)8-6-15)20-22(30)17-10-13(3)14(4)11-18(17)32-23(20)24(29)31/h5-8,12-14,17-18,21H,9-11H2,1-4H3. The average molecular weight is 486 g/mol. The highest BCUT2D eigenvalue weighted by Gasteiger charge is 2.54. The van der Waals surface area contributed by atoms with Crippen LogP contribution in [0.15, 0.2) is 35.6 Å². The fourth-order valence-corrected chi connectivity index (χ4v) is 6.40. The van der Waals surface area contributed by atoms with Gasteiger partial charge in [0.25, 0.3) is 5.91 Å². The van der Waals surface area contributed by atoms with E-state index in [0.29, 0.717) is 33.5 Å². The summed E-state index contributed by atoms with van der Waals surface area (Å²) >= 11 is 7.53. The van der Waals surface area contributed by atoms with E-state index in [4.69, 9.17) is 16.3 Å². The minimum Gasteiger partial charge on any atom is -0.483 e. The molecule has 5 atom stereocenters. The first kappa shape index (κ1) is 22.5. The number of hydrogen-bond donors (Lipinski definition) is 0. The lowest BCUT2D eigenvalue weighted by Crippen LogP contribution is -2.43. The number of ether oxygens (including phenoxy) is 1. The molecule has 1 aromatic heterocycles. The van der Waals surface area contributed by atoms with E-state index in [2.05, 4.69) is 37.9 Å². The lowest BCUT2D eigenvalue weighted by molar-refractivity contribution is -0.134. The Labute approximate surface area is 203 Å². The molecular weight excluding hydrogens is 458 g/mol. The third kappa shape index (κ3) is 3.89. The van der Waals surface area contributed by atoms with Crippen molar-refractivity contribution >= 4 is 39.8 Å². The van der Waals surface area contributed by atoms with Crippen LogP contribution in [-0.4, -0.2) is 28.0 Å². The van der Waals surface area contributed by atoms with Crippen LogP contribution in [-0.2, 0) is 20.7 Å². The van der Waals surface area contributed by atoms with Crippen molar-refractivity contribution in [3.8, 4) is 0 Å². The summed E-state index contributed by atoms with van der Waals surface area (Å²) in [7, 11) is 0. The minimum atomic E-state index is -0.590. The maximum atomic E-state index is 13.8. The first-order valence-corrected chi connectivity index (χ1v) is 12.8. The Kier molecular flexibility index (Phi) is 5.81. The molecule has 33 heavy (non-hydrogen) atoms. The van der Waals surface area contributed by atoms with Crippen molar-refractivity contribution in [3.63, 3.8) is 0 Å². The maximum absolute atomic E-state index is 13.8. The Morgan fingerprint density at radius 3 is 2.52 bits per heavy atom. The van der Waals surface area contributed by atoms with E-state index in [1.54, 1.807) is 17.0 Å². The van der Waals surface area contributed by atoms with Crippen molar-refractivity contribution in [2.24, 2.45) is 23.7 Å². The van der Waals surface area contributed by atoms with Crippen LogP contribution in [0.25, 0.3) is 0 Å². The SMILES string of the molecule is CC(C)Cc1nnc(N2C(=O)C3=C(C(=O)C4CC(C)C(C)CC4O3)C2c2ccc(Cl)cc2)s1. The lowest BCUT2D eigenvalue weighted by atomic mass is 9.70. The third-order valence-corrected chi connectivity index (χ3v) is 8.34. The van der Waals surface area contributed by atoms with Gasteiger partial charge in [0.2, 0.25) is 5.13 Å². The molecule has 1 saturated carbocycles. The summed E-state index contributed by atoms with van der Waals surface area (Å²) in [5.41, 5.74) is 1.26. The number of hydrogen-bond acceptors (Lipinski definition) is 6. The predicted octanol–water partition coefficient (Wildman–Crippen LogP) is 5.38. The molecule has 174 valence electrons. The summed E-state index contributed by atoms with van der Waals surface area (Å²) in [6.45, 7) is 8.62. The number of anilines is 1. The van der Waals surface area contributed by atoms with Gasteiger partial charge in [0, 0.05) is 11.4 Å². The van der Waals surface area contributed by atoms with Gasteiger partial charge in [-0.3, -0.25) is 14.5 Å². The second-order valence-corrected chi connectivity index (χ2v) is 11.5. The number of rotatable bonds is 4. The summed E-state index contributed by atoms with van der Waals surface area (Å²) in [4.78, 5) is 29.1. The molecule has 0 N–H and O–H groups in total. The molecule has 2 aliphatic heterocycles. The molecule has 1 aliphatic carbocycles. The molecule has 5 rings (SSSR count). The van der Waals surface area contributed by atoms with Crippen molar-refractivity contribution in [1.82, 2.24) is 10.2 Å². The van der Waals surface area contributed by atoms with Crippen molar-refractivity contribution < 1.29 is 14.3 Å². The number of carbonyl (C=O) groups excluding carboxylic acids is 2. The fourth-order valence-electron chi connectivity index (χ4n) is 5.19. The van der Waals surface area contributed by atoms with Crippen molar-refractivity contribution in [1.29, 1.82) is 0 Å². The molecule has 5 unspecified atom stereocenters. The summed E-state index contributed by atoms with van der Waals surface area (Å²) in [5.74, 6) is 0.994. The van der Waals surface area contributed by atoms with Crippen molar-refractivity contribution in [2.75, 3.05) is 4.90 Å². The van der Waals surface area contributed by atoms with Crippen LogP contribution in [0.5, 0.6) is 0 Å². The van der Waals surface area contributed by atoms with E-state index in [1.165, 1.54) is 11.3 Å². The first-order chi connectivity index (χ1) is 15.7. The van der Waals surface area contributed by atoms with Crippen LogP contribution in [0.4, 0.5) is 5.13 Å². The summed E-state index contributed by atoms with van der Waals surface area (Å²) in [6.07, 6.45) is 2.10. The van der Waals surface area contributed by atoms with Gasteiger partial charge in [0.15, 0.2) is 11.5 Å². The van der Waals surface area contributed by atoms with Crippen LogP contribution in [0, 0.1) is 23.7 Å². The number of aromatic nitrogens is 2.